The van der Waals surface area contributed by atoms with E-state index in [-0.39, 0.29) is 17.9 Å². The van der Waals surface area contributed by atoms with Crippen molar-refractivity contribution >= 4 is 28.3 Å². The minimum atomic E-state index is 0.00973. The zero-order valence-corrected chi connectivity index (χ0v) is 16.1. The summed E-state index contributed by atoms with van der Waals surface area (Å²) < 4.78 is 5.52. The third-order valence-corrected chi connectivity index (χ3v) is 6.03. The van der Waals surface area contributed by atoms with Crippen LogP contribution in [-0.2, 0) is 9.53 Å². The van der Waals surface area contributed by atoms with Gasteiger partial charge in [0, 0.05) is 45.1 Å². The van der Waals surface area contributed by atoms with E-state index in [2.05, 4.69) is 15.6 Å². The van der Waals surface area contributed by atoms with Crippen LogP contribution in [0.2, 0.25) is 0 Å². The van der Waals surface area contributed by atoms with Gasteiger partial charge in [-0.3, -0.25) is 9.59 Å². The molecule has 0 spiro atoms. The van der Waals surface area contributed by atoms with Crippen LogP contribution in [0.4, 0.5) is 5.13 Å². The summed E-state index contributed by atoms with van der Waals surface area (Å²) in [7, 11) is 1.80. The molecule has 2 saturated heterocycles. The van der Waals surface area contributed by atoms with Crippen molar-refractivity contribution in [3.8, 4) is 0 Å². The number of nitrogens with zero attached hydrogens (tertiary/aromatic N) is 2. The third kappa shape index (κ3) is 5.17. The molecule has 3 rings (SSSR count). The SMILES string of the molecule is CNc1nc(C(=O)N2CCC(CCC(=O)NC[C@@H]3CCCO3)CC2)cs1. The summed E-state index contributed by atoms with van der Waals surface area (Å²) in [5, 5.41) is 8.50. The van der Waals surface area contributed by atoms with Crippen LogP contribution in [0.5, 0.6) is 0 Å². The van der Waals surface area contributed by atoms with Gasteiger partial charge >= 0.3 is 0 Å². The van der Waals surface area contributed by atoms with Crippen LogP contribution in [0.3, 0.4) is 0 Å². The van der Waals surface area contributed by atoms with Crippen molar-refractivity contribution in [2.45, 2.75) is 44.6 Å². The first-order valence-electron chi connectivity index (χ1n) is 9.46. The molecule has 0 aliphatic carbocycles. The van der Waals surface area contributed by atoms with Gasteiger partial charge in [0.25, 0.3) is 5.91 Å². The van der Waals surface area contributed by atoms with Crippen molar-refractivity contribution in [2.24, 2.45) is 5.92 Å². The summed E-state index contributed by atoms with van der Waals surface area (Å²) in [4.78, 5) is 30.6. The summed E-state index contributed by atoms with van der Waals surface area (Å²) >= 11 is 1.44. The van der Waals surface area contributed by atoms with E-state index in [1.54, 1.807) is 12.4 Å². The molecule has 1 aromatic rings. The molecule has 2 aliphatic heterocycles. The van der Waals surface area contributed by atoms with Gasteiger partial charge in [-0.2, -0.15) is 0 Å². The fourth-order valence-corrected chi connectivity index (χ4v) is 4.18. The van der Waals surface area contributed by atoms with E-state index in [1.165, 1.54) is 11.3 Å². The van der Waals surface area contributed by atoms with Gasteiger partial charge in [0.2, 0.25) is 5.91 Å². The van der Waals surface area contributed by atoms with Gasteiger partial charge in [-0.1, -0.05) is 0 Å². The molecule has 0 aromatic carbocycles. The highest BCUT2D eigenvalue weighted by Gasteiger charge is 2.25. The normalized spacial score (nSPS) is 21.0. The summed E-state index contributed by atoms with van der Waals surface area (Å²) in [6.07, 6.45) is 5.68. The van der Waals surface area contributed by atoms with Gasteiger partial charge in [-0.05, 0) is 38.0 Å². The lowest BCUT2D eigenvalue weighted by molar-refractivity contribution is -0.122. The van der Waals surface area contributed by atoms with Crippen LogP contribution in [0.15, 0.2) is 5.38 Å². The summed E-state index contributed by atoms with van der Waals surface area (Å²) in [6, 6.07) is 0. The molecule has 2 amide bonds. The molecule has 0 unspecified atom stereocenters. The first-order chi connectivity index (χ1) is 12.7. The van der Waals surface area contributed by atoms with Crippen molar-refractivity contribution in [1.29, 1.82) is 0 Å². The maximum Gasteiger partial charge on any atom is 0.273 e. The number of anilines is 1. The number of aromatic nitrogens is 1. The van der Waals surface area contributed by atoms with E-state index in [0.717, 1.165) is 56.9 Å². The highest BCUT2D eigenvalue weighted by molar-refractivity contribution is 7.13. The Bertz CT molecular complexity index is 607. The molecule has 0 saturated carbocycles. The van der Waals surface area contributed by atoms with E-state index in [1.807, 2.05) is 4.90 Å². The van der Waals surface area contributed by atoms with Crippen molar-refractivity contribution in [3.05, 3.63) is 11.1 Å². The molecule has 2 fully saturated rings. The molecule has 2 N–H and O–H groups in total. The number of rotatable bonds is 7. The van der Waals surface area contributed by atoms with Crippen LogP contribution in [-0.4, -0.2) is 61.1 Å². The van der Waals surface area contributed by atoms with Gasteiger partial charge in [0.05, 0.1) is 6.10 Å². The summed E-state index contributed by atoms with van der Waals surface area (Å²) in [5.74, 6) is 0.632. The van der Waals surface area contributed by atoms with Gasteiger partial charge in [-0.25, -0.2) is 4.98 Å². The Morgan fingerprint density at radius 2 is 2.15 bits per heavy atom. The smallest absolute Gasteiger partial charge is 0.273 e. The minimum Gasteiger partial charge on any atom is -0.376 e. The quantitative estimate of drug-likeness (QED) is 0.757. The average molecular weight is 381 g/mol. The number of nitrogens with one attached hydrogen (secondary N) is 2. The Kier molecular flexibility index (Phi) is 6.85. The average Bonchev–Trinajstić information content (AvgIpc) is 3.36. The number of likely N-dealkylation sites (tertiary alicyclic amines) is 1. The molecule has 1 aromatic heterocycles. The fraction of sp³-hybridized carbons (Fsp3) is 0.722. The first kappa shape index (κ1) is 19.1. The highest BCUT2D eigenvalue weighted by atomic mass is 32.1. The second-order valence-electron chi connectivity index (χ2n) is 7.00. The first-order valence-corrected chi connectivity index (χ1v) is 10.3. The second-order valence-corrected chi connectivity index (χ2v) is 7.86. The number of hydrogen-bond donors (Lipinski definition) is 2. The molecule has 7 nitrogen and oxygen atoms in total. The van der Waals surface area contributed by atoms with E-state index in [9.17, 15) is 9.59 Å². The molecule has 0 radical (unpaired) electrons. The van der Waals surface area contributed by atoms with Gasteiger partial charge < -0.3 is 20.3 Å². The zero-order chi connectivity index (χ0) is 18.4. The molecular weight excluding hydrogens is 352 g/mol. The van der Waals surface area contributed by atoms with Crippen LogP contribution >= 0.6 is 11.3 Å². The number of carbonyl (C=O) groups excluding carboxylic acids is 2. The van der Waals surface area contributed by atoms with Crippen molar-refractivity contribution in [2.75, 3.05) is 38.6 Å². The Hall–Kier alpha value is -1.67. The largest absolute Gasteiger partial charge is 0.376 e. The standard InChI is InChI=1S/C18H28N4O3S/c1-19-18-21-15(12-26-18)17(24)22-8-6-13(7-9-22)4-5-16(23)20-11-14-3-2-10-25-14/h12-14H,2-11H2,1H3,(H,19,21)(H,20,23)/t14-/m0/s1. The van der Waals surface area contributed by atoms with E-state index >= 15 is 0 Å². The van der Waals surface area contributed by atoms with Crippen LogP contribution in [0.1, 0.15) is 49.0 Å². The lowest BCUT2D eigenvalue weighted by atomic mass is 9.92. The molecule has 8 heteroatoms. The number of ether oxygens (including phenoxy) is 1. The molecule has 3 heterocycles. The topological polar surface area (TPSA) is 83.6 Å². The highest BCUT2D eigenvalue weighted by Crippen LogP contribution is 2.24. The number of hydrogen-bond acceptors (Lipinski definition) is 6. The van der Waals surface area contributed by atoms with Crippen molar-refractivity contribution in [3.63, 3.8) is 0 Å². The third-order valence-electron chi connectivity index (χ3n) is 5.17. The number of amides is 2. The van der Waals surface area contributed by atoms with Crippen LogP contribution < -0.4 is 10.6 Å². The monoisotopic (exact) mass is 380 g/mol. The molecule has 2 aliphatic rings. The number of piperidine rings is 1. The molecule has 144 valence electrons. The predicted molar refractivity (Wildman–Crippen MR) is 102 cm³/mol. The van der Waals surface area contributed by atoms with Gasteiger partial charge in [-0.15, -0.1) is 11.3 Å². The van der Waals surface area contributed by atoms with E-state index in [4.69, 9.17) is 4.74 Å². The van der Waals surface area contributed by atoms with Gasteiger partial charge in [0.15, 0.2) is 5.13 Å². The van der Waals surface area contributed by atoms with E-state index < -0.39 is 0 Å². The second kappa shape index (κ2) is 9.32. The number of carbonyl (C=O) groups is 2. The maximum atomic E-state index is 12.5. The van der Waals surface area contributed by atoms with Crippen molar-refractivity contribution in [1.82, 2.24) is 15.2 Å². The van der Waals surface area contributed by atoms with Crippen LogP contribution in [0.25, 0.3) is 0 Å². The fourth-order valence-electron chi connectivity index (χ4n) is 3.53. The predicted octanol–water partition coefficient (Wildman–Crippen LogP) is 2.11. The minimum absolute atomic E-state index is 0.00973. The summed E-state index contributed by atoms with van der Waals surface area (Å²) in [5.41, 5.74) is 0.520. The molecular formula is C18H28N4O3S. The Balaban J connectivity index is 1.34. The Labute approximate surface area is 158 Å². The Morgan fingerprint density at radius 3 is 2.81 bits per heavy atom. The lowest BCUT2D eigenvalue weighted by Gasteiger charge is -2.31. The van der Waals surface area contributed by atoms with Crippen molar-refractivity contribution < 1.29 is 14.3 Å². The number of thiazole rings is 1. The zero-order valence-electron chi connectivity index (χ0n) is 15.3. The summed E-state index contributed by atoms with van der Waals surface area (Å²) in [6.45, 7) is 2.93. The Morgan fingerprint density at radius 1 is 1.35 bits per heavy atom. The van der Waals surface area contributed by atoms with Gasteiger partial charge in [0.1, 0.15) is 5.69 Å². The molecule has 1 atom stereocenters. The maximum absolute atomic E-state index is 12.5. The van der Waals surface area contributed by atoms with Crippen LogP contribution in [0, 0.1) is 5.92 Å². The molecule has 26 heavy (non-hydrogen) atoms. The molecule has 0 bridgehead atoms. The lowest BCUT2D eigenvalue weighted by Crippen LogP contribution is -2.39. The van der Waals surface area contributed by atoms with E-state index in [0.29, 0.717) is 24.6 Å².